The number of nitrogens with one attached hydrogen (secondary N) is 1. The number of halogens is 1. The number of carbonyl (C=O) groups is 1. The number of rotatable bonds is 4. The third-order valence-electron chi connectivity index (χ3n) is 3.43. The molecule has 1 heterocycles. The predicted octanol–water partition coefficient (Wildman–Crippen LogP) is 2.49. The number of aliphatic hydroxyl groups is 1. The molecule has 0 saturated heterocycles. The van der Waals surface area contributed by atoms with Crippen molar-refractivity contribution in [2.24, 2.45) is 0 Å². The van der Waals surface area contributed by atoms with Crippen LogP contribution in [0.4, 0.5) is 0 Å². The monoisotopic (exact) mass is 307 g/mol. The molecule has 1 aromatic carbocycles. The predicted molar refractivity (Wildman–Crippen MR) is 82.4 cm³/mol. The van der Waals surface area contributed by atoms with Gasteiger partial charge in [-0.3, -0.25) is 4.79 Å². The Hall–Kier alpha value is -1.85. The van der Waals surface area contributed by atoms with Crippen LogP contribution in [0.5, 0.6) is 0 Å². The molecule has 1 unspecified atom stereocenters. The summed E-state index contributed by atoms with van der Waals surface area (Å²) in [6.45, 7) is 3.48. The topological polar surface area (TPSA) is 69.2 Å². The molecule has 2 rings (SSSR count). The summed E-state index contributed by atoms with van der Waals surface area (Å²) in [7, 11) is 1.65. The Balaban J connectivity index is 2.33. The molecule has 0 bridgehead atoms. The molecule has 0 aliphatic carbocycles. The Labute approximate surface area is 128 Å². The second-order valence-electron chi connectivity index (χ2n) is 5.02. The van der Waals surface area contributed by atoms with Gasteiger partial charge in [-0.25, -0.2) is 4.98 Å². The maximum absolute atomic E-state index is 12.4. The summed E-state index contributed by atoms with van der Waals surface area (Å²) in [5, 5.41) is 9.76. The summed E-state index contributed by atoms with van der Waals surface area (Å²) in [5.41, 5.74) is 1.86. The summed E-state index contributed by atoms with van der Waals surface area (Å²) in [6, 6.07) is 7.01. The van der Waals surface area contributed by atoms with E-state index in [9.17, 15) is 4.79 Å². The average molecular weight is 308 g/mol. The zero-order chi connectivity index (χ0) is 15.6. The van der Waals surface area contributed by atoms with Crippen LogP contribution in [0.15, 0.2) is 24.3 Å². The lowest BCUT2D eigenvalue weighted by atomic mass is 10.2. The molecule has 0 spiro atoms. The van der Waals surface area contributed by atoms with Gasteiger partial charge in [0.15, 0.2) is 0 Å². The number of H-pyrrole nitrogens is 1. The molecule has 0 aliphatic heterocycles. The van der Waals surface area contributed by atoms with Gasteiger partial charge in [0.25, 0.3) is 5.91 Å². The second kappa shape index (κ2) is 6.28. The molecule has 1 atom stereocenters. The Bertz CT molecular complexity index is 654. The normalized spacial score (nSPS) is 12.2. The molecule has 2 aromatic rings. The fraction of sp³-hybridized carbons (Fsp3) is 0.333. The number of nitrogens with zero attached hydrogens (tertiary/aromatic N) is 2. The summed E-state index contributed by atoms with van der Waals surface area (Å²) in [4.78, 5) is 21.3. The second-order valence-corrected chi connectivity index (χ2v) is 5.45. The molecule has 5 nitrogen and oxygen atoms in total. The van der Waals surface area contributed by atoms with E-state index in [0.717, 1.165) is 5.56 Å². The van der Waals surface area contributed by atoms with E-state index in [-0.39, 0.29) is 18.6 Å². The van der Waals surface area contributed by atoms with Crippen LogP contribution in [0.25, 0.3) is 11.4 Å². The Morgan fingerprint density at radius 1 is 1.52 bits per heavy atom. The number of benzene rings is 1. The maximum Gasteiger partial charge on any atom is 0.274 e. The van der Waals surface area contributed by atoms with E-state index < -0.39 is 0 Å². The van der Waals surface area contributed by atoms with Crippen LogP contribution < -0.4 is 0 Å². The van der Waals surface area contributed by atoms with Crippen molar-refractivity contribution in [3.05, 3.63) is 40.7 Å². The zero-order valence-corrected chi connectivity index (χ0v) is 13.0. The Morgan fingerprint density at radius 3 is 2.86 bits per heavy atom. The molecular weight excluding hydrogens is 290 g/mol. The van der Waals surface area contributed by atoms with Crippen molar-refractivity contribution >= 4 is 17.5 Å². The van der Waals surface area contributed by atoms with Crippen molar-refractivity contribution in [1.82, 2.24) is 14.9 Å². The van der Waals surface area contributed by atoms with Gasteiger partial charge in [-0.05, 0) is 26.0 Å². The molecule has 21 heavy (non-hydrogen) atoms. The highest BCUT2D eigenvalue weighted by molar-refractivity contribution is 6.30. The minimum absolute atomic E-state index is 0.0904. The molecule has 112 valence electrons. The minimum atomic E-state index is -0.261. The Morgan fingerprint density at radius 2 is 2.24 bits per heavy atom. The van der Waals surface area contributed by atoms with E-state index in [4.69, 9.17) is 16.7 Å². The van der Waals surface area contributed by atoms with E-state index in [0.29, 0.717) is 22.2 Å². The first-order valence-electron chi connectivity index (χ1n) is 6.64. The van der Waals surface area contributed by atoms with Gasteiger partial charge in [-0.15, -0.1) is 0 Å². The number of carbonyl (C=O) groups excluding carboxylic acids is 1. The van der Waals surface area contributed by atoms with Gasteiger partial charge in [0.05, 0.1) is 12.6 Å². The largest absolute Gasteiger partial charge is 0.394 e. The maximum atomic E-state index is 12.4. The zero-order valence-electron chi connectivity index (χ0n) is 12.2. The molecule has 1 aromatic heterocycles. The van der Waals surface area contributed by atoms with Gasteiger partial charge in [-0.1, -0.05) is 23.7 Å². The van der Waals surface area contributed by atoms with Crippen LogP contribution in [-0.2, 0) is 0 Å². The van der Waals surface area contributed by atoms with Crippen LogP contribution in [0.2, 0.25) is 5.02 Å². The summed E-state index contributed by atoms with van der Waals surface area (Å²) >= 11 is 5.97. The van der Waals surface area contributed by atoms with Gasteiger partial charge in [-0.2, -0.15) is 0 Å². The number of hydrogen-bond acceptors (Lipinski definition) is 3. The number of aliphatic hydroxyl groups excluding tert-OH is 1. The van der Waals surface area contributed by atoms with Crippen molar-refractivity contribution in [1.29, 1.82) is 0 Å². The van der Waals surface area contributed by atoms with Crippen LogP contribution >= 0.6 is 11.6 Å². The Kier molecular flexibility index (Phi) is 4.65. The average Bonchev–Trinajstić information content (AvgIpc) is 2.87. The summed E-state index contributed by atoms with van der Waals surface area (Å²) in [5.74, 6) is 0.377. The van der Waals surface area contributed by atoms with Gasteiger partial charge in [0, 0.05) is 23.3 Å². The van der Waals surface area contributed by atoms with Gasteiger partial charge in [0.1, 0.15) is 11.5 Å². The van der Waals surface area contributed by atoms with Crippen molar-refractivity contribution in [3.63, 3.8) is 0 Å². The van der Waals surface area contributed by atoms with Crippen LogP contribution in [0.3, 0.4) is 0 Å². The van der Waals surface area contributed by atoms with Crippen molar-refractivity contribution in [3.8, 4) is 11.4 Å². The first kappa shape index (κ1) is 15.5. The first-order chi connectivity index (χ1) is 9.93. The SMILES string of the molecule is Cc1[nH]c(-c2cccc(Cl)c2)nc1C(=O)N(C)C(C)CO. The van der Waals surface area contributed by atoms with Crippen molar-refractivity contribution in [2.75, 3.05) is 13.7 Å². The van der Waals surface area contributed by atoms with Gasteiger partial charge >= 0.3 is 0 Å². The highest BCUT2D eigenvalue weighted by Gasteiger charge is 2.22. The lowest BCUT2D eigenvalue weighted by molar-refractivity contribution is 0.0676. The number of imidazole rings is 1. The number of aromatic amines is 1. The molecule has 2 N–H and O–H groups in total. The van der Waals surface area contributed by atoms with Crippen LogP contribution in [0, 0.1) is 6.92 Å². The van der Waals surface area contributed by atoms with Crippen molar-refractivity contribution in [2.45, 2.75) is 19.9 Å². The smallest absolute Gasteiger partial charge is 0.274 e. The van der Waals surface area contributed by atoms with E-state index in [2.05, 4.69) is 9.97 Å². The first-order valence-corrected chi connectivity index (χ1v) is 7.02. The summed E-state index contributed by atoms with van der Waals surface area (Å²) in [6.07, 6.45) is 0. The van der Waals surface area contributed by atoms with Crippen LogP contribution in [0.1, 0.15) is 23.1 Å². The van der Waals surface area contributed by atoms with Gasteiger partial charge < -0.3 is 15.0 Å². The number of amides is 1. The number of likely N-dealkylation sites (N-methyl/N-ethyl adjacent to an activating group) is 1. The minimum Gasteiger partial charge on any atom is -0.394 e. The quantitative estimate of drug-likeness (QED) is 0.912. The number of aryl methyl sites for hydroxylation is 1. The highest BCUT2D eigenvalue weighted by Crippen LogP contribution is 2.22. The number of aromatic nitrogens is 2. The van der Waals surface area contributed by atoms with Crippen LogP contribution in [-0.4, -0.2) is 45.6 Å². The standard InChI is InChI=1S/C15H18ClN3O2/c1-9(8-20)19(3)15(21)13-10(2)17-14(18-13)11-5-4-6-12(16)7-11/h4-7,9,20H,8H2,1-3H3,(H,17,18). The van der Waals surface area contributed by atoms with E-state index in [1.165, 1.54) is 4.90 Å². The van der Waals surface area contributed by atoms with E-state index >= 15 is 0 Å². The lowest BCUT2D eigenvalue weighted by Crippen LogP contribution is -2.37. The summed E-state index contributed by atoms with van der Waals surface area (Å²) < 4.78 is 0. The van der Waals surface area contributed by atoms with E-state index in [1.807, 2.05) is 12.1 Å². The lowest BCUT2D eigenvalue weighted by Gasteiger charge is -2.22. The fourth-order valence-electron chi connectivity index (χ4n) is 1.93. The molecule has 0 aliphatic rings. The number of hydrogen-bond donors (Lipinski definition) is 2. The van der Waals surface area contributed by atoms with E-state index in [1.54, 1.807) is 33.0 Å². The molecule has 0 radical (unpaired) electrons. The highest BCUT2D eigenvalue weighted by atomic mass is 35.5. The third-order valence-corrected chi connectivity index (χ3v) is 3.67. The fourth-order valence-corrected chi connectivity index (χ4v) is 2.12. The molecule has 1 amide bonds. The van der Waals surface area contributed by atoms with Gasteiger partial charge in [0.2, 0.25) is 0 Å². The molecule has 0 fully saturated rings. The molecule has 6 heteroatoms. The third kappa shape index (κ3) is 3.25. The molecular formula is C15H18ClN3O2. The van der Waals surface area contributed by atoms with Crippen molar-refractivity contribution < 1.29 is 9.90 Å². The molecule has 0 saturated carbocycles.